The van der Waals surface area contributed by atoms with Gasteiger partial charge in [0.1, 0.15) is 5.82 Å². The highest BCUT2D eigenvalue weighted by atomic mass is 19.1. The molecule has 5 heteroatoms. The van der Waals surface area contributed by atoms with Crippen molar-refractivity contribution in [3.05, 3.63) is 59.9 Å². The Balaban J connectivity index is 1.72. The highest BCUT2D eigenvalue weighted by Gasteiger charge is 2.20. The van der Waals surface area contributed by atoms with Gasteiger partial charge in [0.05, 0.1) is 6.54 Å². The summed E-state index contributed by atoms with van der Waals surface area (Å²) in [7, 11) is 0. The second-order valence-electron chi connectivity index (χ2n) is 5.46. The first-order valence-electron chi connectivity index (χ1n) is 7.23. The highest BCUT2D eigenvalue weighted by Crippen LogP contribution is 2.25. The lowest BCUT2D eigenvalue weighted by atomic mass is 10.2. The number of benzene rings is 2. The van der Waals surface area contributed by atoms with Gasteiger partial charge in [0.25, 0.3) is 0 Å². The standard InChI is InChI=1S/C17H17FN2O2/c18-13-3-9-16(10-4-13)20(17(21)22)11-12-1-5-14(6-2-12)19-15-7-8-15/h1-6,9-10,15,19H,7-8,11H2,(H,21,22). The zero-order chi connectivity index (χ0) is 15.5. The van der Waals surface area contributed by atoms with E-state index < -0.39 is 6.09 Å². The fourth-order valence-electron chi connectivity index (χ4n) is 2.24. The highest BCUT2D eigenvalue weighted by molar-refractivity contribution is 5.85. The van der Waals surface area contributed by atoms with Crippen LogP contribution in [0.3, 0.4) is 0 Å². The van der Waals surface area contributed by atoms with Crippen molar-refractivity contribution >= 4 is 17.5 Å². The Bertz CT molecular complexity index is 651. The number of amides is 1. The number of halogens is 1. The minimum atomic E-state index is -1.06. The fourth-order valence-corrected chi connectivity index (χ4v) is 2.24. The van der Waals surface area contributed by atoms with Crippen LogP contribution in [0.5, 0.6) is 0 Å². The molecular weight excluding hydrogens is 283 g/mol. The number of hydrogen-bond donors (Lipinski definition) is 2. The molecule has 4 nitrogen and oxygen atoms in total. The van der Waals surface area contributed by atoms with Crippen LogP contribution in [0.2, 0.25) is 0 Å². The summed E-state index contributed by atoms with van der Waals surface area (Å²) in [5, 5.41) is 12.7. The van der Waals surface area contributed by atoms with Crippen molar-refractivity contribution in [2.45, 2.75) is 25.4 Å². The predicted molar refractivity (Wildman–Crippen MR) is 83.7 cm³/mol. The first-order chi connectivity index (χ1) is 10.6. The van der Waals surface area contributed by atoms with Gasteiger partial charge in [0.2, 0.25) is 0 Å². The average molecular weight is 300 g/mol. The lowest BCUT2D eigenvalue weighted by Crippen LogP contribution is -2.28. The molecule has 1 fully saturated rings. The van der Waals surface area contributed by atoms with E-state index in [-0.39, 0.29) is 12.4 Å². The maximum Gasteiger partial charge on any atom is 0.412 e. The summed E-state index contributed by atoms with van der Waals surface area (Å²) < 4.78 is 13.0. The van der Waals surface area contributed by atoms with E-state index in [2.05, 4.69) is 5.32 Å². The van der Waals surface area contributed by atoms with Gasteiger partial charge < -0.3 is 10.4 Å². The van der Waals surface area contributed by atoms with Crippen LogP contribution >= 0.6 is 0 Å². The van der Waals surface area contributed by atoms with Gasteiger partial charge in [0, 0.05) is 17.4 Å². The molecule has 0 atom stereocenters. The second kappa shape index (κ2) is 6.05. The predicted octanol–water partition coefficient (Wildman–Crippen LogP) is 4.08. The minimum absolute atomic E-state index is 0.227. The summed E-state index contributed by atoms with van der Waals surface area (Å²) in [5.74, 6) is -0.385. The number of nitrogens with zero attached hydrogens (tertiary/aromatic N) is 1. The number of carbonyl (C=O) groups is 1. The van der Waals surface area contributed by atoms with E-state index >= 15 is 0 Å². The van der Waals surface area contributed by atoms with Crippen LogP contribution in [0.4, 0.5) is 20.6 Å². The zero-order valence-corrected chi connectivity index (χ0v) is 12.0. The van der Waals surface area contributed by atoms with Gasteiger partial charge in [-0.05, 0) is 54.8 Å². The topological polar surface area (TPSA) is 52.6 Å². The van der Waals surface area contributed by atoms with Crippen LogP contribution in [0, 0.1) is 5.82 Å². The van der Waals surface area contributed by atoms with Crippen LogP contribution in [-0.2, 0) is 6.54 Å². The van der Waals surface area contributed by atoms with Crippen molar-refractivity contribution in [2.24, 2.45) is 0 Å². The Morgan fingerprint density at radius 3 is 2.32 bits per heavy atom. The summed E-state index contributed by atoms with van der Waals surface area (Å²) in [4.78, 5) is 12.6. The molecule has 0 heterocycles. The van der Waals surface area contributed by atoms with Gasteiger partial charge in [-0.2, -0.15) is 0 Å². The summed E-state index contributed by atoms with van der Waals surface area (Å²) in [6.07, 6.45) is 1.35. The van der Waals surface area contributed by atoms with E-state index in [1.54, 1.807) is 0 Å². The summed E-state index contributed by atoms with van der Waals surface area (Å²) >= 11 is 0. The molecule has 2 N–H and O–H groups in total. The molecular formula is C17H17FN2O2. The third-order valence-electron chi connectivity index (χ3n) is 3.61. The lowest BCUT2D eigenvalue weighted by molar-refractivity contribution is 0.201. The maximum absolute atomic E-state index is 13.0. The molecule has 2 aromatic rings. The van der Waals surface area contributed by atoms with E-state index in [0.29, 0.717) is 11.7 Å². The van der Waals surface area contributed by atoms with Crippen molar-refractivity contribution in [3.8, 4) is 0 Å². The molecule has 114 valence electrons. The number of anilines is 2. The van der Waals surface area contributed by atoms with Gasteiger partial charge in [-0.3, -0.25) is 4.90 Å². The normalized spacial score (nSPS) is 13.7. The zero-order valence-electron chi connectivity index (χ0n) is 12.0. The lowest BCUT2D eigenvalue weighted by Gasteiger charge is -2.19. The molecule has 2 aromatic carbocycles. The Labute approximate surface area is 128 Å². The first-order valence-corrected chi connectivity index (χ1v) is 7.23. The minimum Gasteiger partial charge on any atom is -0.465 e. The second-order valence-corrected chi connectivity index (χ2v) is 5.46. The number of nitrogens with one attached hydrogen (secondary N) is 1. The van der Waals surface area contributed by atoms with Gasteiger partial charge in [-0.15, -0.1) is 0 Å². The van der Waals surface area contributed by atoms with Gasteiger partial charge in [-0.1, -0.05) is 12.1 Å². The molecule has 0 spiro atoms. The molecule has 1 saturated carbocycles. The third-order valence-corrected chi connectivity index (χ3v) is 3.61. The molecule has 0 aliphatic heterocycles. The van der Waals surface area contributed by atoms with E-state index in [0.717, 1.165) is 11.3 Å². The SMILES string of the molecule is O=C(O)N(Cc1ccc(NC2CC2)cc1)c1ccc(F)cc1. The van der Waals surface area contributed by atoms with Crippen LogP contribution in [0.1, 0.15) is 18.4 Å². The van der Waals surface area contributed by atoms with Crippen molar-refractivity contribution in [1.29, 1.82) is 0 Å². The Hall–Kier alpha value is -2.56. The molecule has 0 bridgehead atoms. The van der Waals surface area contributed by atoms with E-state index in [1.807, 2.05) is 24.3 Å². The van der Waals surface area contributed by atoms with Gasteiger partial charge in [-0.25, -0.2) is 9.18 Å². The smallest absolute Gasteiger partial charge is 0.412 e. The molecule has 3 rings (SSSR count). The maximum atomic E-state index is 13.0. The van der Waals surface area contributed by atoms with Crippen molar-refractivity contribution in [3.63, 3.8) is 0 Å². The van der Waals surface area contributed by atoms with Crippen molar-refractivity contribution in [1.82, 2.24) is 0 Å². The number of carboxylic acid groups (broad SMARTS) is 1. The Morgan fingerprint density at radius 1 is 1.14 bits per heavy atom. The quantitative estimate of drug-likeness (QED) is 0.874. The summed E-state index contributed by atoms with van der Waals surface area (Å²) in [5.41, 5.74) is 2.39. The molecule has 1 aliphatic carbocycles. The van der Waals surface area contributed by atoms with Crippen LogP contribution in [0.25, 0.3) is 0 Å². The van der Waals surface area contributed by atoms with Crippen LogP contribution in [-0.4, -0.2) is 17.2 Å². The van der Waals surface area contributed by atoms with Crippen molar-refractivity contribution in [2.75, 3.05) is 10.2 Å². The third kappa shape index (κ3) is 3.55. The Morgan fingerprint density at radius 2 is 1.77 bits per heavy atom. The summed E-state index contributed by atoms with van der Waals surface area (Å²) in [6, 6.07) is 13.8. The molecule has 0 unspecified atom stereocenters. The largest absolute Gasteiger partial charge is 0.465 e. The van der Waals surface area contributed by atoms with E-state index in [4.69, 9.17) is 0 Å². The summed E-state index contributed by atoms with van der Waals surface area (Å²) in [6.45, 7) is 0.227. The number of rotatable bonds is 5. The van der Waals surface area contributed by atoms with Crippen molar-refractivity contribution < 1.29 is 14.3 Å². The first kappa shape index (κ1) is 14.4. The molecule has 1 aliphatic rings. The average Bonchev–Trinajstić information content (AvgIpc) is 3.31. The van der Waals surface area contributed by atoms with E-state index in [9.17, 15) is 14.3 Å². The van der Waals surface area contributed by atoms with Crippen LogP contribution in [0.15, 0.2) is 48.5 Å². The van der Waals surface area contributed by atoms with Gasteiger partial charge >= 0.3 is 6.09 Å². The molecule has 0 radical (unpaired) electrons. The molecule has 0 aromatic heterocycles. The monoisotopic (exact) mass is 300 g/mol. The molecule has 1 amide bonds. The van der Waals surface area contributed by atoms with Crippen LogP contribution < -0.4 is 10.2 Å². The molecule has 0 saturated heterocycles. The van der Waals surface area contributed by atoms with E-state index in [1.165, 1.54) is 42.0 Å². The molecule has 22 heavy (non-hydrogen) atoms. The Kier molecular flexibility index (Phi) is 3.96. The van der Waals surface area contributed by atoms with Gasteiger partial charge in [0.15, 0.2) is 0 Å². The number of hydrogen-bond acceptors (Lipinski definition) is 2. The fraction of sp³-hybridized carbons (Fsp3) is 0.235.